The molecule has 0 amide bonds. The average Bonchev–Trinajstić information content (AvgIpc) is 3.38. The maximum absolute atomic E-state index is 13.5. The van der Waals surface area contributed by atoms with E-state index >= 15 is 0 Å². The molecule has 10 heteroatoms. The van der Waals surface area contributed by atoms with E-state index in [1.165, 1.54) is 27.0 Å². The number of thioether (sulfide) groups is 1. The van der Waals surface area contributed by atoms with Gasteiger partial charge in [0.05, 0.1) is 18.4 Å². The Morgan fingerprint density at radius 1 is 1.22 bits per heavy atom. The quantitative estimate of drug-likeness (QED) is 0.282. The number of aliphatic hydroxyl groups excluding tert-OH is 1. The topological polar surface area (TPSA) is 136 Å². The number of rotatable bonds is 6. The number of aromatic hydroxyl groups is 1. The van der Waals surface area contributed by atoms with Crippen LogP contribution in [0.25, 0.3) is 11.1 Å². The summed E-state index contributed by atoms with van der Waals surface area (Å²) >= 11 is 1.08. The average molecular weight is 508 g/mol. The number of hydrogen-bond acceptors (Lipinski definition) is 10. The number of benzene rings is 2. The molecule has 184 valence electrons. The van der Waals surface area contributed by atoms with Crippen molar-refractivity contribution in [1.82, 2.24) is 4.98 Å². The third-order valence-corrected chi connectivity index (χ3v) is 7.29. The lowest BCUT2D eigenvalue weighted by atomic mass is 9.71. The number of ketones is 3. The molecule has 1 aromatic heterocycles. The van der Waals surface area contributed by atoms with Gasteiger partial charge >= 0.3 is 0 Å². The Hall–Kier alpha value is -4.05. The molecule has 1 aliphatic carbocycles. The lowest BCUT2D eigenvalue weighted by Gasteiger charge is -2.28. The predicted molar refractivity (Wildman–Crippen MR) is 130 cm³/mol. The van der Waals surface area contributed by atoms with Gasteiger partial charge in [0.2, 0.25) is 0 Å². The van der Waals surface area contributed by atoms with Crippen LogP contribution in [0.15, 0.2) is 57.1 Å². The Bertz CT molecular complexity index is 1530. The number of phenolic OH excluding ortho intramolecular Hbond substituents is 1. The molecule has 3 aromatic rings. The minimum absolute atomic E-state index is 0.00592. The van der Waals surface area contributed by atoms with E-state index in [1.54, 1.807) is 19.1 Å². The molecule has 2 aromatic carbocycles. The highest BCUT2D eigenvalue weighted by atomic mass is 32.2. The minimum Gasteiger partial charge on any atom is -0.507 e. The van der Waals surface area contributed by atoms with E-state index in [-0.39, 0.29) is 45.5 Å². The molecule has 2 aliphatic rings. The fourth-order valence-electron chi connectivity index (χ4n) is 4.64. The fourth-order valence-corrected chi connectivity index (χ4v) is 5.35. The predicted octanol–water partition coefficient (Wildman–Crippen LogP) is 4.34. The fraction of sp³-hybridized carbons (Fsp3) is 0.231. The number of oxazole rings is 1. The van der Waals surface area contributed by atoms with Gasteiger partial charge in [-0.2, -0.15) is 0 Å². The van der Waals surface area contributed by atoms with Crippen LogP contribution in [0.5, 0.6) is 17.2 Å². The van der Waals surface area contributed by atoms with E-state index in [0.29, 0.717) is 16.3 Å². The van der Waals surface area contributed by atoms with Gasteiger partial charge in [-0.05, 0) is 32.9 Å². The van der Waals surface area contributed by atoms with E-state index in [4.69, 9.17) is 13.9 Å². The second kappa shape index (κ2) is 8.27. The van der Waals surface area contributed by atoms with Crippen molar-refractivity contribution in [1.29, 1.82) is 0 Å². The summed E-state index contributed by atoms with van der Waals surface area (Å²) in [5.41, 5.74) is -0.473. The van der Waals surface area contributed by atoms with Crippen molar-refractivity contribution in [3.63, 3.8) is 0 Å². The number of methoxy groups -OCH3 is 1. The minimum atomic E-state index is -1.62. The second-order valence-corrected chi connectivity index (χ2v) is 9.55. The number of carbonyl (C=O) groups excluding carboxylic acids is 3. The first-order chi connectivity index (χ1) is 17.1. The van der Waals surface area contributed by atoms with Crippen LogP contribution in [0, 0.1) is 6.92 Å². The Kier molecular flexibility index (Phi) is 5.44. The van der Waals surface area contributed by atoms with Crippen LogP contribution in [0.4, 0.5) is 0 Å². The number of carbonyl (C=O) groups is 3. The van der Waals surface area contributed by atoms with Gasteiger partial charge in [0.15, 0.2) is 22.9 Å². The highest BCUT2D eigenvalue weighted by Gasteiger charge is 2.55. The van der Waals surface area contributed by atoms with Crippen molar-refractivity contribution in [3.8, 4) is 17.2 Å². The van der Waals surface area contributed by atoms with Crippen LogP contribution in [-0.2, 0) is 15.0 Å². The number of allylic oxidation sites excluding steroid dienone is 3. The van der Waals surface area contributed by atoms with E-state index in [1.807, 2.05) is 12.1 Å². The van der Waals surface area contributed by atoms with Gasteiger partial charge in [0.1, 0.15) is 50.8 Å². The molecule has 2 N–H and O–H groups in total. The molecule has 2 heterocycles. The van der Waals surface area contributed by atoms with Gasteiger partial charge in [0.25, 0.3) is 5.22 Å². The number of aromatic nitrogens is 1. The number of Topliss-reactive ketones (excluding diaryl/α,β-unsaturated/α-hetero) is 3. The first-order valence-corrected chi connectivity index (χ1v) is 11.9. The van der Waals surface area contributed by atoms with Crippen LogP contribution in [0.2, 0.25) is 0 Å². The van der Waals surface area contributed by atoms with Crippen molar-refractivity contribution >= 4 is 40.2 Å². The largest absolute Gasteiger partial charge is 0.507 e. The van der Waals surface area contributed by atoms with Crippen LogP contribution in [0.3, 0.4) is 0 Å². The lowest BCUT2D eigenvalue weighted by molar-refractivity contribution is -0.123. The Morgan fingerprint density at radius 3 is 2.61 bits per heavy atom. The molecule has 0 unspecified atom stereocenters. The van der Waals surface area contributed by atoms with Gasteiger partial charge in [-0.15, -0.1) is 0 Å². The smallest absolute Gasteiger partial charge is 0.257 e. The van der Waals surface area contributed by atoms with Gasteiger partial charge < -0.3 is 24.1 Å². The summed E-state index contributed by atoms with van der Waals surface area (Å²) < 4.78 is 17.1. The summed E-state index contributed by atoms with van der Waals surface area (Å²) in [5, 5.41) is 21.7. The molecule has 0 saturated carbocycles. The number of phenols is 1. The zero-order valence-electron chi connectivity index (χ0n) is 19.8. The van der Waals surface area contributed by atoms with Crippen LogP contribution < -0.4 is 9.47 Å². The highest BCUT2D eigenvalue weighted by Crippen LogP contribution is 2.58. The SMILES string of the molecule is COc1c(C)c(O)c2c(c1C(=O)CSc1nc3ccccc3o1)OC1=CC(O)=C(C(C)=O)C(=O)[C@]12C. The van der Waals surface area contributed by atoms with Crippen LogP contribution in [0.1, 0.15) is 35.3 Å². The number of fused-ring (bicyclic) bond motifs is 4. The molecule has 1 atom stereocenters. The number of hydrogen-bond donors (Lipinski definition) is 2. The molecule has 36 heavy (non-hydrogen) atoms. The van der Waals surface area contributed by atoms with E-state index in [0.717, 1.165) is 11.8 Å². The molecule has 0 saturated heterocycles. The van der Waals surface area contributed by atoms with Gasteiger partial charge in [-0.3, -0.25) is 14.4 Å². The molecular weight excluding hydrogens is 486 g/mol. The summed E-state index contributed by atoms with van der Waals surface area (Å²) in [7, 11) is 1.36. The number of para-hydroxylation sites is 2. The first kappa shape index (κ1) is 23.7. The molecular formula is C26H21NO8S. The van der Waals surface area contributed by atoms with Crippen LogP contribution in [-0.4, -0.2) is 45.4 Å². The summed E-state index contributed by atoms with van der Waals surface area (Å²) in [6.45, 7) is 4.20. The normalized spacial score (nSPS) is 18.6. The van der Waals surface area contributed by atoms with Crippen LogP contribution >= 0.6 is 11.8 Å². The summed E-state index contributed by atoms with van der Waals surface area (Å²) in [5.74, 6) is -2.68. The second-order valence-electron chi connectivity index (χ2n) is 8.63. The van der Waals surface area contributed by atoms with Gasteiger partial charge in [0, 0.05) is 11.6 Å². The summed E-state index contributed by atoms with van der Waals surface area (Å²) in [4.78, 5) is 43.4. The molecule has 5 rings (SSSR count). The van der Waals surface area contributed by atoms with E-state index in [9.17, 15) is 24.6 Å². The van der Waals surface area contributed by atoms with Gasteiger partial charge in [-0.25, -0.2) is 4.98 Å². The highest BCUT2D eigenvalue weighted by molar-refractivity contribution is 7.99. The first-order valence-electron chi connectivity index (χ1n) is 10.9. The van der Waals surface area contributed by atoms with E-state index < -0.39 is 34.1 Å². The number of ether oxygens (including phenoxy) is 2. The third kappa shape index (κ3) is 3.25. The zero-order valence-corrected chi connectivity index (χ0v) is 20.6. The van der Waals surface area contributed by atoms with Gasteiger partial charge in [-0.1, -0.05) is 23.9 Å². The third-order valence-electron chi connectivity index (χ3n) is 6.46. The van der Waals surface area contributed by atoms with Crippen molar-refractivity contribution < 1.29 is 38.5 Å². The van der Waals surface area contributed by atoms with Crippen molar-refractivity contribution in [2.45, 2.75) is 31.4 Å². The lowest BCUT2D eigenvalue weighted by Crippen LogP contribution is -2.38. The Morgan fingerprint density at radius 2 is 1.94 bits per heavy atom. The molecule has 0 fully saturated rings. The zero-order chi connectivity index (χ0) is 25.9. The monoisotopic (exact) mass is 507 g/mol. The standard InChI is InChI=1S/C26H21NO8S/c1-11-21(31)20-23(35-17-9-14(29)18(12(2)28)24(32)26(17,20)3)19(22(11)33-4)15(30)10-36-25-27-13-7-5-6-8-16(13)34-25/h5-9,29,31H,10H2,1-4H3/t26-/m1/s1. The Labute approximate surface area is 209 Å². The maximum Gasteiger partial charge on any atom is 0.257 e. The number of nitrogens with zero attached hydrogens (tertiary/aromatic N) is 1. The number of aliphatic hydroxyl groups is 1. The van der Waals surface area contributed by atoms with Crippen molar-refractivity contribution in [3.05, 3.63) is 64.1 Å². The van der Waals surface area contributed by atoms with Crippen molar-refractivity contribution in [2.24, 2.45) is 0 Å². The Balaban J connectivity index is 1.60. The molecule has 1 aliphatic heterocycles. The molecule has 0 spiro atoms. The summed E-state index contributed by atoms with van der Waals surface area (Å²) in [6, 6.07) is 7.21. The molecule has 0 radical (unpaired) electrons. The summed E-state index contributed by atoms with van der Waals surface area (Å²) in [6.07, 6.45) is 1.17. The molecule has 0 bridgehead atoms. The van der Waals surface area contributed by atoms with Crippen molar-refractivity contribution in [2.75, 3.05) is 12.9 Å². The van der Waals surface area contributed by atoms with E-state index in [2.05, 4.69) is 4.98 Å². The maximum atomic E-state index is 13.5. The molecule has 9 nitrogen and oxygen atoms in total.